The van der Waals surface area contributed by atoms with Crippen LogP contribution in [-0.4, -0.2) is 37.7 Å². The fraction of sp³-hybridized carbons (Fsp3) is 0.385. The van der Waals surface area contributed by atoms with Gasteiger partial charge in [-0.1, -0.05) is 13.0 Å². The Balaban J connectivity index is 3.28. The minimum Gasteiger partial charge on any atom is -0.478 e. The van der Waals surface area contributed by atoms with Crippen molar-refractivity contribution < 1.29 is 27.3 Å². The first kappa shape index (κ1) is 17.0. The molecule has 0 atom stereocenters. The van der Waals surface area contributed by atoms with Crippen LogP contribution >= 0.6 is 0 Å². The Labute approximate surface area is 123 Å². The van der Waals surface area contributed by atoms with Gasteiger partial charge in [0, 0.05) is 6.54 Å². The molecule has 21 heavy (non-hydrogen) atoms. The number of carbonyl (C=O) groups excluding carboxylic acids is 1. The van der Waals surface area contributed by atoms with Crippen molar-refractivity contribution in [2.45, 2.75) is 20.3 Å². The van der Waals surface area contributed by atoms with Gasteiger partial charge in [0.2, 0.25) is 0 Å². The first-order valence-corrected chi connectivity index (χ1v) is 7.96. The molecule has 0 saturated heterocycles. The first-order chi connectivity index (χ1) is 9.82. The molecule has 0 bridgehead atoms. The second-order valence-electron chi connectivity index (χ2n) is 4.17. The van der Waals surface area contributed by atoms with Crippen molar-refractivity contribution in [2.24, 2.45) is 0 Å². The van der Waals surface area contributed by atoms with Gasteiger partial charge in [0.25, 0.3) is 5.91 Å². The van der Waals surface area contributed by atoms with Gasteiger partial charge in [-0.15, -0.1) is 0 Å². The Bertz CT molecular complexity index is 638. The third kappa shape index (κ3) is 4.45. The molecule has 8 heteroatoms. The van der Waals surface area contributed by atoms with E-state index in [4.69, 9.17) is 4.18 Å². The van der Waals surface area contributed by atoms with E-state index in [2.05, 4.69) is 5.32 Å². The predicted molar refractivity (Wildman–Crippen MR) is 76.1 cm³/mol. The fourth-order valence-electron chi connectivity index (χ4n) is 1.54. The zero-order valence-electron chi connectivity index (χ0n) is 11.8. The number of hydrogen-bond donors (Lipinski definition) is 2. The van der Waals surface area contributed by atoms with Gasteiger partial charge in [-0.25, -0.2) is 4.79 Å². The molecule has 1 aromatic rings. The Hall–Kier alpha value is -2.09. The Morgan fingerprint density at radius 3 is 2.48 bits per heavy atom. The summed E-state index contributed by atoms with van der Waals surface area (Å²) in [5.74, 6) is -2.70. The van der Waals surface area contributed by atoms with Crippen LogP contribution in [0.15, 0.2) is 18.2 Å². The van der Waals surface area contributed by atoms with Gasteiger partial charge < -0.3 is 14.6 Å². The molecule has 0 aliphatic rings. The van der Waals surface area contributed by atoms with Crippen molar-refractivity contribution in [3.63, 3.8) is 0 Å². The average Bonchev–Trinajstić information content (AvgIpc) is 2.43. The molecule has 0 heterocycles. The van der Waals surface area contributed by atoms with Crippen LogP contribution in [0, 0.1) is 0 Å². The van der Waals surface area contributed by atoms with E-state index in [0.717, 1.165) is 0 Å². The van der Waals surface area contributed by atoms with Crippen molar-refractivity contribution in [3.8, 4) is 5.75 Å². The zero-order chi connectivity index (χ0) is 16.0. The standard InChI is InChI=1S/C13H17NO6S/c1-3-8-14-12(15)9-6-5-7-10(11(9)13(16)17)20-21(18,19)4-2/h5-7H,3-4,8H2,1-2H3,(H,14,15)(H,16,17). The molecular formula is C13H17NO6S. The number of carboxylic acid groups (broad SMARTS) is 1. The summed E-state index contributed by atoms with van der Waals surface area (Å²) in [6, 6.07) is 3.88. The number of aromatic carboxylic acids is 1. The Morgan fingerprint density at radius 2 is 1.95 bits per heavy atom. The summed E-state index contributed by atoms with van der Waals surface area (Å²) in [5.41, 5.74) is -0.608. The minimum absolute atomic E-state index is 0.139. The smallest absolute Gasteiger partial charge is 0.340 e. The fourth-order valence-corrected chi connectivity index (χ4v) is 2.07. The van der Waals surface area contributed by atoms with Crippen LogP contribution in [0.2, 0.25) is 0 Å². The van der Waals surface area contributed by atoms with Gasteiger partial charge in [-0.05, 0) is 25.5 Å². The molecule has 0 aromatic heterocycles. The van der Waals surface area contributed by atoms with E-state index in [9.17, 15) is 23.1 Å². The lowest BCUT2D eigenvalue weighted by Crippen LogP contribution is -2.26. The molecule has 1 rings (SSSR count). The molecular weight excluding hydrogens is 298 g/mol. The van der Waals surface area contributed by atoms with Crippen LogP contribution in [-0.2, 0) is 10.1 Å². The van der Waals surface area contributed by atoms with Crippen molar-refractivity contribution >= 4 is 22.0 Å². The van der Waals surface area contributed by atoms with E-state index >= 15 is 0 Å². The summed E-state index contributed by atoms with van der Waals surface area (Å²) >= 11 is 0. The highest BCUT2D eigenvalue weighted by Gasteiger charge is 2.24. The molecule has 0 unspecified atom stereocenters. The first-order valence-electron chi connectivity index (χ1n) is 6.39. The Kier molecular flexibility index (Phi) is 5.71. The van der Waals surface area contributed by atoms with E-state index < -0.39 is 27.6 Å². The molecule has 2 N–H and O–H groups in total. The van der Waals surface area contributed by atoms with Crippen LogP contribution < -0.4 is 9.50 Å². The molecule has 0 saturated carbocycles. The third-order valence-corrected chi connectivity index (χ3v) is 3.73. The molecule has 7 nitrogen and oxygen atoms in total. The molecule has 0 aliphatic heterocycles. The van der Waals surface area contributed by atoms with Crippen LogP contribution in [0.3, 0.4) is 0 Å². The minimum atomic E-state index is -3.88. The second kappa shape index (κ2) is 7.07. The highest BCUT2D eigenvalue weighted by molar-refractivity contribution is 7.87. The van der Waals surface area contributed by atoms with Gasteiger partial charge >= 0.3 is 16.1 Å². The molecule has 1 aromatic carbocycles. The van der Waals surface area contributed by atoms with Crippen molar-refractivity contribution in [1.82, 2.24) is 5.32 Å². The number of rotatable bonds is 7. The molecule has 0 spiro atoms. The highest BCUT2D eigenvalue weighted by Crippen LogP contribution is 2.24. The lowest BCUT2D eigenvalue weighted by Gasteiger charge is -2.12. The van der Waals surface area contributed by atoms with E-state index in [1.165, 1.54) is 25.1 Å². The van der Waals surface area contributed by atoms with E-state index in [0.29, 0.717) is 13.0 Å². The van der Waals surface area contributed by atoms with Gasteiger partial charge in [0.15, 0.2) is 5.75 Å². The maximum Gasteiger partial charge on any atom is 0.340 e. The molecule has 1 amide bonds. The number of benzene rings is 1. The molecule has 116 valence electrons. The van der Waals surface area contributed by atoms with Crippen LogP contribution in [0.25, 0.3) is 0 Å². The molecule has 0 aliphatic carbocycles. The third-order valence-electron chi connectivity index (χ3n) is 2.59. The number of nitrogens with one attached hydrogen (secondary N) is 1. The number of hydrogen-bond acceptors (Lipinski definition) is 5. The van der Waals surface area contributed by atoms with Crippen LogP contribution in [0.5, 0.6) is 5.75 Å². The SMILES string of the molecule is CCCNC(=O)c1cccc(OS(=O)(=O)CC)c1C(=O)O. The maximum absolute atomic E-state index is 11.9. The van der Waals surface area contributed by atoms with Crippen LogP contribution in [0.1, 0.15) is 41.0 Å². The summed E-state index contributed by atoms with van der Waals surface area (Å²) in [7, 11) is -3.88. The van der Waals surface area contributed by atoms with Crippen molar-refractivity contribution in [3.05, 3.63) is 29.3 Å². The summed E-state index contributed by atoms with van der Waals surface area (Å²) in [6.07, 6.45) is 0.689. The summed E-state index contributed by atoms with van der Waals surface area (Å²) in [5, 5.41) is 11.8. The van der Waals surface area contributed by atoms with Crippen molar-refractivity contribution in [2.75, 3.05) is 12.3 Å². The topological polar surface area (TPSA) is 110 Å². The number of amides is 1. The number of carboxylic acids is 1. The van der Waals surface area contributed by atoms with Gasteiger partial charge in [0.1, 0.15) is 5.56 Å². The van der Waals surface area contributed by atoms with E-state index in [1.54, 1.807) is 0 Å². The molecule has 0 radical (unpaired) electrons. The van der Waals surface area contributed by atoms with Gasteiger partial charge in [-0.2, -0.15) is 8.42 Å². The van der Waals surface area contributed by atoms with E-state index in [1.807, 2.05) is 6.92 Å². The number of carbonyl (C=O) groups is 2. The van der Waals surface area contributed by atoms with Gasteiger partial charge in [-0.3, -0.25) is 4.79 Å². The lowest BCUT2D eigenvalue weighted by molar-refractivity contribution is 0.0689. The monoisotopic (exact) mass is 315 g/mol. The predicted octanol–water partition coefficient (Wildman–Crippen LogP) is 1.25. The normalized spacial score (nSPS) is 11.0. The lowest BCUT2D eigenvalue weighted by atomic mass is 10.1. The molecule has 0 fully saturated rings. The average molecular weight is 315 g/mol. The van der Waals surface area contributed by atoms with E-state index in [-0.39, 0.29) is 17.1 Å². The summed E-state index contributed by atoms with van der Waals surface area (Å²) in [4.78, 5) is 23.3. The Morgan fingerprint density at radius 1 is 1.29 bits per heavy atom. The largest absolute Gasteiger partial charge is 0.478 e. The summed E-state index contributed by atoms with van der Waals surface area (Å²) < 4.78 is 27.7. The van der Waals surface area contributed by atoms with Crippen molar-refractivity contribution in [1.29, 1.82) is 0 Å². The van der Waals surface area contributed by atoms with Gasteiger partial charge in [0.05, 0.1) is 11.3 Å². The summed E-state index contributed by atoms with van der Waals surface area (Å²) in [6.45, 7) is 3.61. The van der Waals surface area contributed by atoms with Crippen LogP contribution in [0.4, 0.5) is 0 Å². The maximum atomic E-state index is 11.9. The quantitative estimate of drug-likeness (QED) is 0.733. The zero-order valence-corrected chi connectivity index (χ0v) is 12.6. The second-order valence-corrected chi connectivity index (χ2v) is 6.03. The highest BCUT2D eigenvalue weighted by atomic mass is 32.2.